The minimum absolute atomic E-state index is 0.185. The largest absolute Gasteiger partial charge is 0.478 e. The third-order valence-corrected chi connectivity index (χ3v) is 12.3. The van der Waals surface area contributed by atoms with Gasteiger partial charge in [0, 0.05) is 51.7 Å². The maximum Gasteiger partial charge on any atom is 0.335 e. The Morgan fingerprint density at radius 3 is 2.12 bits per heavy atom. The summed E-state index contributed by atoms with van der Waals surface area (Å²) in [5, 5.41) is 12.0. The van der Waals surface area contributed by atoms with Crippen LogP contribution in [-0.4, -0.2) is 35.6 Å². The molecule has 2 heterocycles. The van der Waals surface area contributed by atoms with Crippen LogP contribution in [-0.2, 0) is 35.0 Å². The Balaban J connectivity index is 1.15. The number of sulfonamides is 1. The highest BCUT2D eigenvalue weighted by Gasteiger charge is 2.26. The maximum atomic E-state index is 14.0. The van der Waals surface area contributed by atoms with Crippen molar-refractivity contribution in [3.63, 3.8) is 0 Å². The lowest BCUT2D eigenvalue weighted by Crippen LogP contribution is -2.28. The third kappa shape index (κ3) is 8.46. The molecule has 2 N–H and O–H groups in total. The van der Waals surface area contributed by atoms with Crippen LogP contribution in [0.2, 0.25) is 5.02 Å². The number of carboxylic acids is 1. The van der Waals surface area contributed by atoms with Crippen molar-refractivity contribution in [2.75, 3.05) is 6.54 Å². The SMILES string of the molecule is O=C(O)c1ccc(CCCc2c(CCNS(=O)(=O)Cc3ccccc3-c3cccc4cccnc34)n(C(c3ccccc3)c3ccccc3)c3ccc(Cl)cc23)cc1. The standard InChI is InChI=1S/C49H42ClN3O4S/c50-40-27-28-45-44(32-40)42(21-9-12-34-23-25-38(26-24-34)49(54)55)46(53(45)48(36-13-3-1-4-14-36)37-15-5-2-6-16-37)29-31-52-58(56,57)33-39-17-7-8-20-41(39)43-22-10-18-35-19-11-30-51-47(35)43/h1-8,10-11,13-20,22-28,30,32,48,52H,9,12,21,29,31,33H2,(H,54,55). The van der Waals surface area contributed by atoms with Gasteiger partial charge in [-0.2, -0.15) is 0 Å². The first-order valence-electron chi connectivity index (χ1n) is 19.4. The molecule has 290 valence electrons. The number of para-hydroxylation sites is 1. The summed E-state index contributed by atoms with van der Waals surface area (Å²) >= 11 is 6.71. The zero-order valence-electron chi connectivity index (χ0n) is 31.8. The number of nitrogens with one attached hydrogen (secondary N) is 1. The molecule has 8 rings (SSSR count). The first-order chi connectivity index (χ1) is 28.3. The van der Waals surface area contributed by atoms with Gasteiger partial charge < -0.3 is 9.67 Å². The maximum absolute atomic E-state index is 14.0. The van der Waals surface area contributed by atoms with Crippen LogP contribution in [0.5, 0.6) is 0 Å². The van der Waals surface area contributed by atoms with E-state index in [0.29, 0.717) is 23.4 Å². The van der Waals surface area contributed by atoms with E-state index in [0.717, 1.165) is 73.7 Å². The summed E-state index contributed by atoms with van der Waals surface area (Å²) in [7, 11) is -3.78. The van der Waals surface area contributed by atoms with Crippen molar-refractivity contribution in [1.82, 2.24) is 14.3 Å². The molecule has 0 atom stereocenters. The summed E-state index contributed by atoms with van der Waals surface area (Å²) in [6.45, 7) is 0.185. The highest BCUT2D eigenvalue weighted by atomic mass is 35.5. The molecule has 0 radical (unpaired) electrons. The lowest BCUT2D eigenvalue weighted by molar-refractivity contribution is 0.0697. The second kappa shape index (κ2) is 17.2. The molecule has 0 fully saturated rings. The van der Waals surface area contributed by atoms with Gasteiger partial charge in [-0.3, -0.25) is 4.98 Å². The minimum Gasteiger partial charge on any atom is -0.478 e. The van der Waals surface area contributed by atoms with Gasteiger partial charge >= 0.3 is 5.97 Å². The van der Waals surface area contributed by atoms with Gasteiger partial charge in [0.15, 0.2) is 0 Å². The van der Waals surface area contributed by atoms with Crippen LogP contribution in [0.4, 0.5) is 0 Å². The molecule has 6 aromatic carbocycles. The average molecular weight is 804 g/mol. The van der Waals surface area contributed by atoms with E-state index >= 15 is 0 Å². The number of carboxylic acid groups (broad SMARTS) is 1. The predicted molar refractivity (Wildman–Crippen MR) is 234 cm³/mol. The Hall–Kier alpha value is -6.06. The van der Waals surface area contributed by atoms with Gasteiger partial charge in [-0.05, 0) is 89.0 Å². The number of rotatable bonds is 15. The number of fused-ring (bicyclic) bond motifs is 2. The van der Waals surface area contributed by atoms with Gasteiger partial charge in [-0.25, -0.2) is 17.9 Å². The van der Waals surface area contributed by atoms with Crippen LogP contribution in [0, 0.1) is 0 Å². The molecule has 0 aliphatic rings. The number of aryl methyl sites for hydroxylation is 2. The van der Waals surface area contributed by atoms with E-state index in [9.17, 15) is 18.3 Å². The van der Waals surface area contributed by atoms with Crippen molar-refractivity contribution in [3.8, 4) is 11.1 Å². The van der Waals surface area contributed by atoms with E-state index in [1.165, 1.54) is 0 Å². The van der Waals surface area contributed by atoms with Gasteiger partial charge in [0.2, 0.25) is 10.0 Å². The topological polar surface area (TPSA) is 101 Å². The van der Waals surface area contributed by atoms with Crippen LogP contribution < -0.4 is 4.72 Å². The fraction of sp³-hybridized carbons (Fsp3) is 0.143. The zero-order chi connectivity index (χ0) is 40.1. The monoisotopic (exact) mass is 803 g/mol. The quantitative estimate of drug-likeness (QED) is 0.107. The molecular formula is C49H42ClN3O4S. The normalized spacial score (nSPS) is 11.8. The highest BCUT2D eigenvalue weighted by Crippen LogP contribution is 2.38. The molecule has 0 amide bonds. The molecule has 7 nitrogen and oxygen atoms in total. The van der Waals surface area contributed by atoms with Gasteiger partial charge in [-0.15, -0.1) is 0 Å². The number of carbonyl (C=O) groups is 1. The van der Waals surface area contributed by atoms with Crippen molar-refractivity contribution in [3.05, 3.63) is 208 Å². The first kappa shape index (κ1) is 38.8. The number of nitrogens with zero attached hydrogens (tertiary/aromatic N) is 2. The van der Waals surface area contributed by atoms with E-state index in [4.69, 9.17) is 11.6 Å². The number of hydrogen-bond acceptors (Lipinski definition) is 4. The number of benzene rings is 6. The van der Waals surface area contributed by atoms with Gasteiger partial charge in [0.05, 0.1) is 22.9 Å². The molecule has 0 aliphatic carbocycles. The summed E-state index contributed by atoms with van der Waals surface area (Å²) in [4.78, 5) is 16.1. The summed E-state index contributed by atoms with van der Waals surface area (Å²) in [6.07, 6.45) is 4.42. The molecule has 58 heavy (non-hydrogen) atoms. The summed E-state index contributed by atoms with van der Waals surface area (Å²) < 4.78 is 33.3. The number of aromatic nitrogens is 2. The summed E-state index contributed by atoms with van der Waals surface area (Å²) in [5.74, 6) is -1.14. The van der Waals surface area contributed by atoms with E-state index in [1.54, 1.807) is 18.3 Å². The first-order valence-corrected chi connectivity index (χ1v) is 21.4. The number of halogens is 1. The molecule has 9 heteroatoms. The Kier molecular flexibility index (Phi) is 11.5. The molecule has 2 aromatic heterocycles. The van der Waals surface area contributed by atoms with Crippen molar-refractivity contribution >= 4 is 49.4 Å². The van der Waals surface area contributed by atoms with E-state index in [1.807, 2.05) is 115 Å². The fourth-order valence-electron chi connectivity index (χ4n) is 8.11. The van der Waals surface area contributed by atoms with Crippen LogP contribution >= 0.6 is 11.6 Å². The lowest BCUT2D eigenvalue weighted by Gasteiger charge is -2.25. The smallest absolute Gasteiger partial charge is 0.335 e. The van der Waals surface area contributed by atoms with Gasteiger partial charge in [0.25, 0.3) is 0 Å². The van der Waals surface area contributed by atoms with Crippen LogP contribution in [0.3, 0.4) is 0 Å². The Morgan fingerprint density at radius 2 is 1.40 bits per heavy atom. The van der Waals surface area contributed by atoms with Gasteiger partial charge in [-0.1, -0.05) is 133 Å². The molecule has 0 saturated carbocycles. The van der Waals surface area contributed by atoms with Crippen molar-refractivity contribution < 1.29 is 18.3 Å². The van der Waals surface area contributed by atoms with Crippen LogP contribution in [0.25, 0.3) is 32.9 Å². The second-order valence-corrected chi connectivity index (χ2v) is 16.7. The number of hydrogen-bond donors (Lipinski definition) is 2. The molecule has 0 spiro atoms. The van der Waals surface area contributed by atoms with Gasteiger partial charge in [0.1, 0.15) is 0 Å². The van der Waals surface area contributed by atoms with E-state index < -0.39 is 16.0 Å². The lowest BCUT2D eigenvalue weighted by atomic mass is 9.97. The van der Waals surface area contributed by atoms with Crippen molar-refractivity contribution in [2.45, 2.75) is 37.5 Å². The third-order valence-electron chi connectivity index (χ3n) is 10.7. The average Bonchev–Trinajstić information content (AvgIpc) is 3.52. The molecule has 8 aromatic rings. The highest BCUT2D eigenvalue weighted by molar-refractivity contribution is 7.88. The molecule has 0 unspecified atom stereocenters. The number of pyridine rings is 1. The molecule has 0 bridgehead atoms. The Labute approximate surface area is 343 Å². The molecular weight excluding hydrogens is 762 g/mol. The zero-order valence-corrected chi connectivity index (χ0v) is 33.3. The summed E-state index contributed by atoms with van der Waals surface area (Å²) in [5.41, 5.74) is 9.92. The van der Waals surface area contributed by atoms with Crippen LogP contribution in [0.15, 0.2) is 164 Å². The van der Waals surface area contributed by atoms with Crippen molar-refractivity contribution in [1.29, 1.82) is 0 Å². The summed E-state index contributed by atoms with van der Waals surface area (Å²) in [6, 6.07) is 51.1. The second-order valence-electron chi connectivity index (χ2n) is 14.5. The van der Waals surface area contributed by atoms with E-state index in [2.05, 4.69) is 44.6 Å². The molecule has 0 aliphatic heterocycles. The Bertz CT molecular complexity index is 2780. The minimum atomic E-state index is -3.78. The van der Waals surface area contributed by atoms with Crippen molar-refractivity contribution in [2.24, 2.45) is 0 Å². The Morgan fingerprint density at radius 1 is 0.724 bits per heavy atom. The molecule has 0 saturated heterocycles. The number of aromatic carboxylic acids is 1. The predicted octanol–water partition coefficient (Wildman–Crippen LogP) is 10.7. The fourth-order valence-corrected chi connectivity index (χ4v) is 9.46. The van der Waals surface area contributed by atoms with E-state index in [-0.39, 0.29) is 23.9 Å². The van der Waals surface area contributed by atoms with Crippen LogP contribution in [0.1, 0.15) is 56.3 Å².